The summed E-state index contributed by atoms with van der Waals surface area (Å²) in [6.07, 6.45) is 3.99. The zero-order valence-corrected chi connectivity index (χ0v) is 7.76. The van der Waals surface area contributed by atoms with Gasteiger partial charge in [-0.05, 0) is 12.0 Å². The summed E-state index contributed by atoms with van der Waals surface area (Å²) in [5.74, 6) is -0.970. The minimum atomic E-state index is -0.970. The molecule has 3 heteroatoms. The van der Waals surface area contributed by atoms with E-state index in [9.17, 15) is 4.79 Å². The van der Waals surface area contributed by atoms with Crippen molar-refractivity contribution in [2.75, 3.05) is 0 Å². The van der Waals surface area contributed by atoms with E-state index in [1.165, 1.54) is 0 Å². The topological polar surface area (TPSA) is 63.3 Å². The van der Waals surface area contributed by atoms with Gasteiger partial charge in [0.15, 0.2) is 0 Å². The SMILES string of the molecule is N[C@@H](C/C=C/c1ccccc1)C(=O)O. The summed E-state index contributed by atoms with van der Waals surface area (Å²) in [6.45, 7) is 0. The molecule has 1 aromatic rings. The molecule has 0 unspecified atom stereocenters. The van der Waals surface area contributed by atoms with Gasteiger partial charge in [0.2, 0.25) is 0 Å². The van der Waals surface area contributed by atoms with E-state index in [0.717, 1.165) is 5.56 Å². The highest BCUT2D eigenvalue weighted by atomic mass is 16.4. The lowest BCUT2D eigenvalue weighted by molar-refractivity contribution is -0.138. The minimum Gasteiger partial charge on any atom is -0.480 e. The fourth-order valence-corrected chi connectivity index (χ4v) is 1.02. The molecule has 0 aromatic heterocycles. The fraction of sp³-hybridized carbons (Fsp3) is 0.182. The zero-order valence-electron chi connectivity index (χ0n) is 7.76. The molecule has 1 aromatic carbocycles. The molecule has 0 heterocycles. The summed E-state index contributed by atoms with van der Waals surface area (Å²) in [7, 11) is 0. The number of carboxylic acids is 1. The van der Waals surface area contributed by atoms with Crippen LogP contribution < -0.4 is 5.73 Å². The first-order valence-corrected chi connectivity index (χ1v) is 4.40. The summed E-state index contributed by atoms with van der Waals surface area (Å²) in [6, 6.07) is 8.87. The number of nitrogens with two attached hydrogens (primary N) is 1. The molecule has 14 heavy (non-hydrogen) atoms. The van der Waals surface area contributed by atoms with Gasteiger partial charge in [-0.1, -0.05) is 42.5 Å². The molecule has 0 spiro atoms. The summed E-state index contributed by atoms with van der Waals surface area (Å²) >= 11 is 0. The van der Waals surface area contributed by atoms with Crippen LogP contribution in [0.1, 0.15) is 12.0 Å². The molecular weight excluding hydrogens is 178 g/mol. The lowest BCUT2D eigenvalue weighted by atomic mass is 10.1. The Balaban J connectivity index is 2.46. The van der Waals surface area contributed by atoms with Gasteiger partial charge in [0.05, 0.1) is 0 Å². The van der Waals surface area contributed by atoms with Gasteiger partial charge in [-0.25, -0.2) is 0 Å². The Hall–Kier alpha value is -1.61. The van der Waals surface area contributed by atoms with Crippen LogP contribution >= 0.6 is 0 Å². The van der Waals surface area contributed by atoms with Crippen LogP contribution in [-0.4, -0.2) is 17.1 Å². The fourth-order valence-electron chi connectivity index (χ4n) is 1.02. The summed E-state index contributed by atoms with van der Waals surface area (Å²) in [4.78, 5) is 10.4. The van der Waals surface area contributed by atoms with Crippen molar-refractivity contribution < 1.29 is 9.90 Å². The van der Waals surface area contributed by atoms with E-state index in [1.54, 1.807) is 6.08 Å². The molecule has 0 saturated heterocycles. The molecule has 0 bridgehead atoms. The van der Waals surface area contributed by atoms with Crippen molar-refractivity contribution in [3.63, 3.8) is 0 Å². The van der Waals surface area contributed by atoms with Crippen molar-refractivity contribution >= 4 is 12.0 Å². The average Bonchev–Trinajstić information content (AvgIpc) is 2.19. The Labute approximate surface area is 82.9 Å². The quantitative estimate of drug-likeness (QED) is 0.758. The Morgan fingerprint density at radius 2 is 2.07 bits per heavy atom. The third-order valence-electron chi connectivity index (χ3n) is 1.82. The molecule has 3 N–H and O–H groups in total. The molecule has 0 aliphatic carbocycles. The van der Waals surface area contributed by atoms with E-state index >= 15 is 0 Å². The number of aliphatic carboxylic acids is 1. The molecular formula is C11H13NO2. The molecule has 0 aliphatic heterocycles. The highest BCUT2D eigenvalue weighted by Gasteiger charge is 2.07. The van der Waals surface area contributed by atoms with Crippen molar-refractivity contribution in [3.05, 3.63) is 42.0 Å². The van der Waals surface area contributed by atoms with Crippen LogP contribution in [-0.2, 0) is 4.79 Å². The van der Waals surface area contributed by atoms with E-state index in [0.29, 0.717) is 6.42 Å². The Morgan fingerprint density at radius 1 is 1.43 bits per heavy atom. The average molecular weight is 191 g/mol. The molecule has 0 saturated carbocycles. The summed E-state index contributed by atoms with van der Waals surface area (Å²) in [5.41, 5.74) is 6.38. The van der Waals surface area contributed by atoms with Crippen LogP contribution in [0, 0.1) is 0 Å². The second-order valence-corrected chi connectivity index (χ2v) is 2.99. The monoisotopic (exact) mass is 191 g/mol. The zero-order chi connectivity index (χ0) is 10.4. The van der Waals surface area contributed by atoms with E-state index < -0.39 is 12.0 Å². The minimum absolute atomic E-state index is 0.351. The number of hydrogen-bond donors (Lipinski definition) is 2. The molecule has 0 fully saturated rings. The standard InChI is InChI=1S/C11H13NO2/c12-10(11(13)14)8-4-7-9-5-2-1-3-6-9/h1-7,10H,8,12H2,(H,13,14)/b7-4+/t10-/m0/s1. The number of hydrogen-bond acceptors (Lipinski definition) is 2. The molecule has 1 atom stereocenters. The summed E-state index contributed by atoms with van der Waals surface area (Å²) in [5, 5.41) is 8.52. The maximum atomic E-state index is 10.4. The number of rotatable bonds is 4. The van der Waals surface area contributed by atoms with Crippen LogP contribution in [0.25, 0.3) is 6.08 Å². The number of carbonyl (C=O) groups is 1. The van der Waals surface area contributed by atoms with E-state index in [2.05, 4.69) is 0 Å². The van der Waals surface area contributed by atoms with Crippen LogP contribution in [0.15, 0.2) is 36.4 Å². The van der Waals surface area contributed by atoms with Gasteiger partial charge in [0, 0.05) is 0 Å². The smallest absolute Gasteiger partial charge is 0.320 e. The Kier molecular flexibility index (Phi) is 3.88. The largest absolute Gasteiger partial charge is 0.480 e. The van der Waals surface area contributed by atoms with Crippen LogP contribution in [0.5, 0.6) is 0 Å². The first kappa shape index (κ1) is 10.5. The van der Waals surface area contributed by atoms with Crippen LogP contribution in [0.2, 0.25) is 0 Å². The van der Waals surface area contributed by atoms with Gasteiger partial charge in [-0.15, -0.1) is 0 Å². The van der Waals surface area contributed by atoms with E-state index in [4.69, 9.17) is 10.8 Å². The maximum absolute atomic E-state index is 10.4. The van der Waals surface area contributed by atoms with Gasteiger partial charge in [0.25, 0.3) is 0 Å². The van der Waals surface area contributed by atoms with Gasteiger partial charge >= 0.3 is 5.97 Å². The second kappa shape index (κ2) is 5.19. The van der Waals surface area contributed by atoms with Crippen molar-refractivity contribution in [2.24, 2.45) is 5.73 Å². The Morgan fingerprint density at radius 3 is 2.64 bits per heavy atom. The summed E-state index contributed by atoms with van der Waals surface area (Å²) < 4.78 is 0. The van der Waals surface area contributed by atoms with Crippen molar-refractivity contribution in [2.45, 2.75) is 12.5 Å². The lowest BCUT2D eigenvalue weighted by Gasteiger charge is -2.00. The highest BCUT2D eigenvalue weighted by Crippen LogP contribution is 2.02. The Bertz CT molecular complexity index is 319. The maximum Gasteiger partial charge on any atom is 0.320 e. The predicted octanol–water partition coefficient (Wildman–Crippen LogP) is 1.50. The predicted molar refractivity (Wildman–Crippen MR) is 55.7 cm³/mol. The molecule has 0 radical (unpaired) electrons. The number of carboxylic acid groups (broad SMARTS) is 1. The van der Waals surface area contributed by atoms with E-state index in [-0.39, 0.29) is 0 Å². The van der Waals surface area contributed by atoms with Crippen molar-refractivity contribution in [1.82, 2.24) is 0 Å². The third-order valence-corrected chi connectivity index (χ3v) is 1.82. The third kappa shape index (κ3) is 3.41. The van der Waals surface area contributed by atoms with Crippen LogP contribution in [0.3, 0.4) is 0 Å². The van der Waals surface area contributed by atoms with E-state index in [1.807, 2.05) is 36.4 Å². The number of benzene rings is 1. The normalized spacial score (nSPS) is 12.9. The van der Waals surface area contributed by atoms with Crippen LogP contribution in [0.4, 0.5) is 0 Å². The molecule has 3 nitrogen and oxygen atoms in total. The molecule has 0 aliphatic rings. The molecule has 0 amide bonds. The van der Waals surface area contributed by atoms with Gasteiger partial charge < -0.3 is 10.8 Å². The highest BCUT2D eigenvalue weighted by molar-refractivity contribution is 5.73. The van der Waals surface area contributed by atoms with Gasteiger partial charge in [-0.2, -0.15) is 0 Å². The van der Waals surface area contributed by atoms with Gasteiger partial charge in [0.1, 0.15) is 6.04 Å². The lowest BCUT2D eigenvalue weighted by Crippen LogP contribution is -2.29. The molecule has 1 rings (SSSR count). The first-order chi connectivity index (χ1) is 6.70. The molecule has 74 valence electrons. The van der Waals surface area contributed by atoms with Crippen molar-refractivity contribution in [3.8, 4) is 0 Å². The van der Waals surface area contributed by atoms with Gasteiger partial charge in [-0.3, -0.25) is 4.79 Å². The van der Waals surface area contributed by atoms with Crippen molar-refractivity contribution in [1.29, 1.82) is 0 Å². The first-order valence-electron chi connectivity index (χ1n) is 4.40. The second-order valence-electron chi connectivity index (χ2n) is 2.99.